The van der Waals surface area contributed by atoms with E-state index < -0.39 is 0 Å². The van der Waals surface area contributed by atoms with Gasteiger partial charge in [0.2, 0.25) is 5.91 Å². The molecule has 0 N–H and O–H groups in total. The zero-order valence-electron chi connectivity index (χ0n) is 13.9. The van der Waals surface area contributed by atoms with Gasteiger partial charge in [-0.05, 0) is 42.1 Å². The predicted octanol–water partition coefficient (Wildman–Crippen LogP) is 4.48. The fourth-order valence-electron chi connectivity index (χ4n) is 2.13. The van der Waals surface area contributed by atoms with Gasteiger partial charge in [0, 0.05) is 18.0 Å². The molecule has 0 spiro atoms. The van der Waals surface area contributed by atoms with Crippen LogP contribution in [0.25, 0.3) is 6.08 Å². The number of halogens is 1. The zero-order chi connectivity index (χ0) is 17.5. The Kier molecular flexibility index (Phi) is 6.70. The molecular weight excluding hydrogens is 346 g/mol. The number of benzene rings is 1. The number of hydrogen-bond acceptors (Lipinski definition) is 4. The van der Waals surface area contributed by atoms with Crippen LogP contribution in [0.2, 0.25) is 5.02 Å². The van der Waals surface area contributed by atoms with Gasteiger partial charge in [0.1, 0.15) is 0 Å². The Labute approximate surface area is 151 Å². The molecule has 128 valence electrons. The molecule has 1 amide bonds. The molecule has 0 saturated carbocycles. The number of thiophene rings is 1. The Morgan fingerprint density at radius 1 is 1.42 bits per heavy atom. The maximum Gasteiger partial charge on any atom is 0.246 e. The van der Waals surface area contributed by atoms with Gasteiger partial charge in [0.05, 0.1) is 25.3 Å². The lowest BCUT2D eigenvalue weighted by atomic mass is 10.2. The fraction of sp³-hybridized carbons (Fsp3) is 0.278. The SMILES string of the molecule is CCOc1c(Cl)cc(/C=C/C(=O)N(C)Cc2cccs2)cc1OC. The van der Waals surface area contributed by atoms with Crippen molar-refractivity contribution < 1.29 is 14.3 Å². The van der Waals surface area contributed by atoms with Crippen LogP contribution >= 0.6 is 22.9 Å². The van der Waals surface area contributed by atoms with Gasteiger partial charge < -0.3 is 14.4 Å². The molecule has 1 heterocycles. The number of carbonyl (C=O) groups excluding carboxylic acids is 1. The van der Waals surface area contributed by atoms with Crippen LogP contribution in [-0.4, -0.2) is 31.6 Å². The molecule has 0 aliphatic heterocycles. The first-order valence-corrected chi connectivity index (χ1v) is 8.76. The van der Waals surface area contributed by atoms with Crippen molar-refractivity contribution in [2.45, 2.75) is 13.5 Å². The van der Waals surface area contributed by atoms with Crippen LogP contribution < -0.4 is 9.47 Å². The van der Waals surface area contributed by atoms with Gasteiger partial charge in [0.15, 0.2) is 11.5 Å². The average Bonchev–Trinajstić information content (AvgIpc) is 3.07. The van der Waals surface area contributed by atoms with E-state index in [1.165, 1.54) is 6.08 Å². The van der Waals surface area contributed by atoms with Crippen LogP contribution in [0, 0.1) is 0 Å². The molecule has 6 heteroatoms. The number of hydrogen-bond donors (Lipinski definition) is 0. The van der Waals surface area contributed by atoms with Gasteiger partial charge in [-0.3, -0.25) is 4.79 Å². The van der Waals surface area contributed by atoms with Crippen LogP contribution in [0.1, 0.15) is 17.4 Å². The summed E-state index contributed by atoms with van der Waals surface area (Å²) >= 11 is 7.86. The van der Waals surface area contributed by atoms with Crippen molar-refractivity contribution in [3.05, 3.63) is 51.2 Å². The molecule has 1 aromatic heterocycles. The molecule has 0 aliphatic rings. The topological polar surface area (TPSA) is 38.8 Å². The van der Waals surface area contributed by atoms with E-state index in [-0.39, 0.29) is 5.91 Å². The van der Waals surface area contributed by atoms with Gasteiger partial charge in [-0.2, -0.15) is 0 Å². The van der Waals surface area contributed by atoms with E-state index in [1.807, 2.05) is 24.4 Å². The van der Waals surface area contributed by atoms with Crippen LogP contribution in [0.15, 0.2) is 35.7 Å². The standard InChI is InChI=1S/C18H20ClNO3S/c1-4-23-18-15(19)10-13(11-16(18)22-3)7-8-17(21)20(2)12-14-6-5-9-24-14/h5-11H,4,12H2,1-3H3/b8-7+. The van der Waals surface area contributed by atoms with E-state index >= 15 is 0 Å². The normalized spacial score (nSPS) is 10.8. The minimum atomic E-state index is -0.0765. The number of ether oxygens (including phenoxy) is 2. The van der Waals surface area contributed by atoms with Crippen LogP contribution in [-0.2, 0) is 11.3 Å². The molecule has 0 atom stereocenters. The number of carbonyl (C=O) groups is 1. The number of nitrogens with zero attached hydrogens (tertiary/aromatic N) is 1. The van der Waals surface area contributed by atoms with Crippen molar-refractivity contribution in [2.24, 2.45) is 0 Å². The first-order chi connectivity index (χ1) is 11.5. The predicted molar refractivity (Wildman–Crippen MR) is 99.0 cm³/mol. The first-order valence-electron chi connectivity index (χ1n) is 7.51. The van der Waals surface area contributed by atoms with Crippen molar-refractivity contribution in [1.29, 1.82) is 0 Å². The Morgan fingerprint density at radius 2 is 2.21 bits per heavy atom. The molecule has 0 unspecified atom stereocenters. The number of likely N-dealkylation sites (N-methyl/N-ethyl adjacent to an activating group) is 1. The third-order valence-electron chi connectivity index (χ3n) is 3.31. The van der Waals surface area contributed by atoms with E-state index in [4.69, 9.17) is 21.1 Å². The summed E-state index contributed by atoms with van der Waals surface area (Å²) in [6.45, 7) is 2.97. The molecule has 0 fully saturated rings. The van der Waals surface area contributed by atoms with Crippen molar-refractivity contribution >= 4 is 34.9 Å². The minimum absolute atomic E-state index is 0.0765. The summed E-state index contributed by atoms with van der Waals surface area (Å²) in [6, 6.07) is 7.52. The Bertz CT molecular complexity index is 713. The molecule has 4 nitrogen and oxygen atoms in total. The van der Waals surface area contributed by atoms with Gasteiger partial charge in [-0.15, -0.1) is 11.3 Å². The molecule has 1 aromatic carbocycles. The third kappa shape index (κ3) is 4.76. The van der Waals surface area contributed by atoms with Crippen LogP contribution in [0.5, 0.6) is 11.5 Å². The summed E-state index contributed by atoms with van der Waals surface area (Å²) in [6.07, 6.45) is 3.25. The molecule has 24 heavy (non-hydrogen) atoms. The second kappa shape index (κ2) is 8.76. The quantitative estimate of drug-likeness (QED) is 0.679. The lowest BCUT2D eigenvalue weighted by molar-refractivity contribution is -0.125. The number of amides is 1. The Morgan fingerprint density at radius 3 is 2.83 bits per heavy atom. The summed E-state index contributed by atoms with van der Waals surface area (Å²) in [4.78, 5) is 15.0. The minimum Gasteiger partial charge on any atom is -0.493 e. The zero-order valence-corrected chi connectivity index (χ0v) is 15.5. The Hall–Kier alpha value is -1.98. The molecule has 0 bridgehead atoms. The van der Waals surface area contributed by atoms with Gasteiger partial charge in [-0.1, -0.05) is 17.7 Å². The van der Waals surface area contributed by atoms with E-state index in [9.17, 15) is 4.79 Å². The molecule has 0 saturated heterocycles. The number of methoxy groups -OCH3 is 1. The largest absolute Gasteiger partial charge is 0.493 e. The maximum atomic E-state index is 12.2. The van der Waals surface area contributed by atoms with Gasteiger partial charge >= 0.3 is 0 Å². The lowest BCUT2D eigenvalue weighted by Crippen LogP contribution is -2.23. The van der Waals surface area contributed by atoms with E-state index in [0.29, 0.717) is 29.7 Å². The van der Waals surface area contributed by atoms with Crippen molar-refractivity contribution in [2.75, 3.05) is 20.8 Å². The maximum absolute atomic E-state index is 12.2. The number of rotatable bonds is 7. The first kappa shape index (κ1) is 18.4. The van der Waals surface area contributed by atoms with E-state index in [0.717, 1.165) is 10.4 Å². The van der Waals surface area contributed by atoms with Crippen LogP contribution in [0.4, 0.5) is 0 Å². The second-order valence-corrected chi connectivity index (χ2v) is 6.51. The molecule has 2 rings (SSSR count). The highest BCUT2D eigenvalue weighted by molar-refractivity contribution is 7.09. The second-order valence-electron chi connectivity index (χ2n) is 5.07. The molecule has 0 radical (unpaired) electrons. The fourth-order valence-corrected chi connectivity index (χ4v) is 3.16. The molecule has 2 aromatic rings. The molecular formula is C18H20ClNO3S. The van der Waals surface area contributed by atoms with Crippen molar-refractivity contribution in [1.82, 2.24) is 4.90 Å². The van der Waals surface area contributed by atoms with Crippen molar-refractivity contribution in [3.8, 4) is 11.5 Å². The highest BCUT2D eigenvalue weighted by Gasteiger charge is 2.11. The monoisotopic (exact) mass is 365 g/mol. The summed E-state index contributed by atoms with van der Waals surface area (Å²) in [5.41, 5.74) is 0.776. The highest BCUT2D eigenvalue weighted by atomic mass is 35.5. The van der Waals surface area contributed by atoms with E-state index in [2.05, 4.69) is 0 Å². The summed E-state index contributed by atoms with van der Waals surface area (Å²) in [5, 5.41) is 2.45. The highest BCUT2D eigenvalue weighted by Crippen LogP contribution is 2.36. The van der Waals surface area contributed by atoms with Gasteiger partial charge in [-0.25, -0.2) is 0 Å². The lowest BCUT2D eigenvalue weighted by Gasteiger charge is -2.14. The van der Waals surface area contributed by atoms with E-state index in [1.54, 1.807) is 48.6 Å². The van der Waals surface area contributed by atoms with Crippen molar-refractivity contribution in [3.63, 3.8) is 0 Å². The average molecular weight is 366 g/mol. The summed E-state index contributed by atoms with van der Waals surface area (Å²) in [7, 11) is 3.33. The van der Waals surface area contributed by atoms with Gasteiger partial charge in [0.25, 0.3) is 0 Å². The Balaban J connectivity index is 2.10. The third-order valence-corrected chi connectivity index (χ3v) is 4.45. The summed E-state index contributed by atoms with van der Waals surface area (Å²) < 4.78 is 10.8. The smallest absolute Gasteiger partial charge is 0.246 e. The van der Waals surface area contributed by atoms with Crippen LogP contribution in [0.3, 0.4) is 0 Å². The summed E-state index contributed by atoms with van der Waals surface area (Å²) in [5.74, 6) is 0.982. The molecule has 0 aliphatic carbocycles.